The summed E-state index contributed by atoms with van der Waals surface area (Å²) in [5, 5.41) is 0. The number of imidazole rings is 1. The first-order valence-electron chi connectivity index (χ1n) is 10.4. The molecule has 2 aromatic heterocycles. The summed E-state index contributed by atoms with van der Waals surface area (Å²) >= 11 is -3.86. The van der Waals surface area contributed by atoms with Gasteiger partial charge in [-0.2, -0.15) is 0 Å². The Morgan fingerprint density at radius 3 is 2.41 bits per heavy atom. The van der Waals surface area contributed by atoms with E-state index in [1.54, 1.807) is 10.9 Å². The van der Waals surface area contributed by atoms with Crippen LogP contribution in [0.3, 0.4) is 0 Å². The standard InChI is InChI=1S/C10H11N5O4.2C6H5.Sn/c11-10-13-8-7(9(18)14-10)12-3-15(8)6-1-4(17)5(2-16)19-6;2*1-2-4-6-5-3-1;/h3-6H,1-2H2,(H3,11,13,14,18);2*1-5H;/q-2;;;+2/t4-,5-,6-;;;/m0.../s1. The second-order valence-corrected chi connectivity index (χ2v) is 16.3. The summed E-state index contributed by atoms with van der Waals surface area (Å²) in [5.41, 5.74) is 6.01. The molecule has 4 aromatic rings. The molecule has 0 unspecified atom stereocenters. The van der Waals surface area contributed by atoms with Crippen LogP contribution in [0, 0.1) is 0 Å². The van der Waals surface area contributed by atoms with Crippen LogP contribution in [0.1, 0.15) is 12.6 Å². The van der Waals surface area contributed by atoms with Gasteiger partial charge in [0.15, 0.2) is 0 Å². The topological polar surface area (TPSA) is 117 Å². The zero-order valence-corrected chi connectivity index (χ0v) is 19.9. The molecule has 6 rings (SSSR count). The fraction of sp³-hybridized carbons (Fsp3) is 0.227. The number of fused-ring (bicyclic) bond motifs is 2. The number of nitrogens with two attached hydrogens (primary N) is 1. The molecule has 0 aliphatic carbocycles. The number of nitrogen functional groups attached to an aromatic ring is 1. The molecule has 32 heavy (non-hydrogen) atoms. The van der Waals surface area contributed by atoms with Gasteiger partial charge in [-0.25, -0.2) is 0 Å². The molecule has 4 heterocycles. The van der Waals surface area contributed by atoms with Crippen molar-refractivity contribution in [3.63, 3.8) is 0 Å². The Balaban J connectivity index is 1.36. The summed E-state index contributed by atoms with van der Waals surface area (Å²) in [6, 6.07) is 20.5. The number of hydrogen-bond acceptors (Lipinski definition) is 7. The molecule has 0 radical (unpaired) electrons. The average Bonchev–Trinajstić information content (AvgIpc) is 3.43. The van der Waals surface area contributed by atoms with Crippen LogP contribution in [0.5, 0.6) is 0 Å². The van der Waals surface area contributed by atoms with Gasteiger partial charge in [0.05, 0.1) is 0 Å². The van der Waals surface area contributed by atoms with Gasteiger partial charge in [-0.3, -0.25) is 0 Å². The van der Waals surface area contributed by atoms with Gasteiger partial charge in [0.1, 0.15) is 0 Å². The number of aromatic amines is 1. The Labute approximate surface area is 188 Å². The van der Waals surface area contributed by atoms with E-state index in [2.05, 4.69) is 39.2 Å². The molecule has 0 saturated carbocycles. The maximum atomic E-state index is 12.1. The molecule has 3 atom stereocenters. The summed E-state index contributed by atoms with van der Waals surface area (Å²) in [5.74, 6) is 0.0441. The second-order valence-electron chi connectivity index (χ2n) is 7.96. The molecular weight excluding hydrogens is 517 g/mol. The first-order chi connectivity index (χ1) is 15.6. The minimum absolute atomic E-state index is 0.0441. The van der Waals surface area contributed by atoms with Crippen molar-refractivity contribution in [2.75, 3.05) is 12.3 Å². The zero-order valence-electron chi connectivity index (χ0n) is 17.0. The van der Waals surface area contributed by atoms with E-state index >= 15 is 0 Å². The van der Waals surface area contributed by atoms with Crippen LogP contribution in [0.4, 0.5) is 5.95 Å². The number of nitrogens with zero attached hydrogens (tertiary/aromatic N) is 3. The zero-order chi connectivity index (χ0) is 21.7. The molecule has 0 bridgehead atoms. The van der Waals surface area contributed by atoms with Gasteiger partial charge in [-0.1, -0.05) is 0 Å². The second kappa shape index (κ2) is 7.69. The Bertz CT molecular complexity index is 1290. The molecule has 2 aliphatic heterocycles. The van der Waals surface area contributed by atoms with Crippen LogP contribution in [-0.2, 0) is 10.9 Å². The third-order valence-electron chi connectivity index (χ3n) is 6.02. The van der Waals surface area contributed by atoms with Gasteiger partial charge in [-0.15, -0.1) is 0 Å². The van der Waals surface area contributed by atoms with Crippen molar-refractivity contribution >= 4 is 43.5 Å². The predicted octanol–water partition coefficient (Wildman–Crippen LogP) is 0.661. The molecule has 2 aromatic carbocycles. The number of anilines is 1. The van der Waals surface area contributed by atoms with Crippen molar-refractivity contribution in [2.45, 2.75) is 24.9 Å². The first-order valence-corrected chi connectivity index (χ1v) is 15.6. The van der Waals surface area contributed by atoms with E-state index in [9.17, 15) is 4.79 Å². The Morgan fingerprint density at radius 2 is 1.72 bits per heavy atom. The molecule has 2 saturated heterocycles. The molecule has 10 heteroatoms. The van der Waals surface area contributed by atoms with Gasteiger partial charge < -0.3 is 0 Å². The van der Waals surface area contributed by atoms with Crippen LogP contribution in [0.25, 0.3) is 11.2 Å². The van der Waals surface area contributed by atoms with Crippen LogP contribution < -0.4 is 18.5 Å². The third kappa shape index (κ3) is 3.15. The Hall–Kier alpha value is -2.73. The van der Waals surface area contributed by atoms with Gasteiger partial charge in [0, 0.05) is 0 Å². The predicted molar refractivity (Wildman–Crippen MR) is 120 cm³/mol. The number of nitrogens with one attached hydrogen (secondary N) is 1. The molecule has 0 amide bonds. The number of rotatable bonds is 3. The van der Waals surface area contributed by atoms with Gasteiger partial charge in [0.25, 0.3) is 0 Å². The Kier molecular flexibility index (Phi) is 4.79. The van der Waals surface area contributed by atoms with E-state index in [1.165, 1.54) is 0 Å². The fourth-order valence-electron chi connectivity index (χ4n) is 4.53. The normalized spacial score (nSPS) is 24.4. The van der Waals surface area contributed by atoms with Crippen molar-refractivity contribution in [1.29, 1.82) is 0 Å². The van der Waals surface area contributed by atoms with Gasteiger partial charge in [0.2, 0.25) is 0 Å². The number of H-pyrrole nitrogens is 1. The molecule has 162 valence electrons. The van der Waals surface area contributed by atoms with E-state index in [1.807, 2.05) is 36.4 Å². The molecule has 0 spiro atoms. The number of benzene rings is 2. The van der Waals surface area contributed by atoms with E-state index in [0.29, 0.717) is 18.7 Å². The summed E-state index contributed by atoms with van der Waals surface area (Å²) in [6.45, 7) is 0.448. The summed E-state index contributed by atoms with van der Waals surface area (Å²) in [6.07, 6.45) is 1.45. The van der Waals surface area contributed by atoms with Gasteiger partial charge >= 0.3 is 188 Å². The van der Waals surface area contributed by atoms with Crippen LogP contribution in [-0.4, -0.2) is 57.5 Å². The van der Waals surface area contributed by atoms with Crippen molar-refractivity contribution < 1.29 is 10.9 Å². The monoisotopic (exact) mass is 539 g/mol. The molecule has 2 aliphatic rings. The van der Waals surface area contributed by atoms with Crippen LogP contribution in [0.15, 0.2) is 71.8 Å². The summed E-state index contributed by atoms with van der Waals surface area (Å²) in [7, 11) is 0. The van der Waals surface area contributed by atoms with E-state index in [4.69, 9.17) is 16.6 Å². The van der Waals surface area contributed by atoms with Crippen molar-refractivity contribution in [3.8, 4) is 0 Å². The summed E-state index contributed by atoms with van der Waals surface area (Å²) in [4.78, 5) is 23.1. The van der Waals surface area contributed by atoms with E-state index in [0.717, 1.165) is 7.16 Å². The average molecular weight is 538 g/mol. The maximum absolute atomic E-state index is 12.1. The molecule has 2 fully saturated rings. The fourth-order valence-corrected chi connectivity index (χ4v) is 14.1. The molecular formula is C22H21N5O4Sn. The molecule has 3 N–H and O–H groups in total. The number of aromatic nitrogens is 4. The SMILES string of the molecule is Nc1nc2c(ncn2[C@@H]2C[C@@H]3[O][Sn]([c]4ccccc4)([c]4ccccc4)[O]C[C@@H]3O2)c(=O)[nH]1. The quantitative estimate of drug-likeness (QED) is 0.369. The van der Waals surface area contributed by atoms with Crippen LogP contribution >= 0.6 is 0 Å². The Morgan fingerprint density at radius 1 is 1.03 bits per heavy atom. The minimum atomic E-state index is -3.86. The molecule has 9 nitrogen and oxygen atoms in total. The van der Waals surface area contributed by atoms with E-state index in [-0.39, 0.29) is 35.5 Å². The third-order valence-corrected chi connectivity index (χ3v) is 15.7. The van der Waals surface area contributed by atoms with Gasteiger partial charge in [-0.05, 0) is 0 Å². The number of ether oxygens (including phenoxy) is 1. The van der Waals surface area contributed by atoms with Crippen molar-refractivity contribution in [3.05, 3.63) is 77.3 Å². The first kappa shape index (κ1) is 19.9. The van der Waals surface area contributed by atoms with Crippen LogP contribution in [0.2, 0.25) is 0 Å². The number of hydrogen-bond donors (Lipinski definition) is 2. The summed E-state index contributed by atoms with van der Waals surface area (Å²) < 4.78 is 23.8. The van der Waals surface area contributed by atoms with Crippen molar-refractivity contribution in [2.24, 2.45) is 0 Å². The van der Waals surface area contributed by atoms with E-state index < -0.39 is 19.2 Å². The van der Waals surface area contributed by atoms with Crippen molar-refractivity contribution in [1.82, 2.24) is 19.5 Å².